The van der Waals surface area contributed by atoms with Crippen LogP contribution < -0.4 is 5.73 Å². The molecule has 1 rings (SSSR count). The maximum atomic E-state index is 12.4. The molecule has 6 heteroatoms. The number of carbonyl (C=O) groups excluding carboxylic acids is 1. The van der Waals surface area contributed by atoms with Crippen molar-refractivity contribution in [3.8, 4) is 0 Å². The van der Waals surface area contributed by atoms with Crippen molar-refractivity contribution < 1.29 is 4.79 Å². The summed E-state index contributed by atoms with van der Waals surface area (Å²) in [5, 5.41) is 1.90. The van der Waals surface area contributed by atoms with Crippen LogP contribution in [-0.2, 0) is 0 Å². The number of carbonyl (C=O) groups is 1. The van der Waals surface area contributed by atoms with E-state index in [9.17, 15) is 4.79 Å². The van der Waals surface area contributed by atoms with Crippen molar-refractivity contribution in [2.75, 3.05) is 13.1 Å². The van der Waals surface area contributed by atoms with E-state index < -0.39 is 0 Å². The van der Waals surface area contributed by atoms with Gasteiger partial charge in [-0.05, 0) is 33.3 Å². The molecule has 3 nitrogen and oxygen atoms in total. The lowest BCUT2D eigenvalue weighted by Gasteiger charge is -2.24. The molecule has 1 amide bonds. The lowest BCUT2D eigenvalue weighted by molar-refractivity contribution is 0.0745. The predicted molar refractivity (Wildman–Crippen MR) is 84.2 cm³/mol. The molecule has 0 atom stereocenters. The zero-order valence-corrected chi connectivity index (χ0v) is 13.7. The van der Waals surface area contributed by atoms with Gasteiger partial charge in [0, 0.05) is 24.0 Å². The van der Waals surface area contributed by atoms with Gasteiger partial charge < -0.3 is 10.6 Å². The zero-order valence-electron chi connectivity index (χ0n) is 10.5. The summed E-state index contributed by atoms with van der Waals surface area (Å²) in [4.78, 5) is 15.4. The number of nitrogens with zero attached hydrogens (tertiary/aromatic N) is 1. The molecule has 0 aliphatic heterocycles. The molecule has 0 aliphatic carbocycles. The van der Waals surface area contributed by atoms with Gasteiger partial charge >= 0.3 is 0 Å². The van der Waals surface area contributed by atoms with Crippen LogP contribution in [0.25, 0.3) is 0 Å². The molecule has 1 aromatic rings. The van der Waals surface area contributed by atoms with Gasteiger partial charge in [0.15, 0.2) is 0 Å². The third-order valence-electron chi connectivity index (χ3n) is 2.31. The Bertz CT molecular complexity index is 431. The maximum Gasteiger partial charge on any atom is 0.265 e. The average Bonchev–Trinajstić information content (AvgIpc) is 2.69. The molecular formula is C12H17BrN2OS2. The van der Waals surface area contributed by atoms with Crippen LogP contribution in [0.1, 0.15) is 29.9 Å². The highest BCUT2D eigenvalue weighted by molar-refractivity contribution is 9.10. The third kappa shape index (κ3) is 4.66. The average molecular weight is 349 g/mol. The first-order chi connectivity index (χ1) is 8.41. The van der Waals surface area contributed by atoms with Crippen LogP contribution in [-0.4, -0.2) is 28.9 Å². The first-order valence-electron chi connectivity index (χ1n) is 5.72. The van der Waals surface area contributed by atoms with E-state index in [1.807, 2.05) is 16.3 Å². The Labute approximate surface area is 125 Å². The van der Waals surface area contributed by atoms with E-state index >= 15 is 0 Å². The number of nitrogens with two attached hydrogens (primary N) is 1. The standard InChI is InChI=1S/C12H17BrN2OS2/c1-8(2)7-15(5-3-10(14)17)12(16)11-9(13)4-6-18-11/h4,6,8H,3,5,7H2,1-2H3,(H2,14,17). The van der Waals surface area contributed by atoms with Gasteiger partial charge in [0.25, 0.3) is 5.91 Å². The Hall–Kier alpha value is -0.460. The van der Waals surface area contributed by atoms with Crippen LogP contribution in [0, 0.1) is 5.92 Å². The topological polar surface area (TPSA) is 46.3 Å². The van der Waals surface area contributed by atoms with Crippen LogP contribution in [0.15, 0.2) is 15.9 Å². The lowest BCUT2D eigenvalue weighted by atomic mass is 10.2. The monoisotopic (exact) mass is 348 g/mol. The minimum Gasteiger partial charge on any atom is -0.393 e. The second-order valence-corrected chi connectivity index (χ2v) is 6.75. The number of hydrogen-bond donors (Lipinski definition) is 1. The van der Waals surface area contributed by atoms with Crippen LogP contribution in [0.2, 0.25) is 0 Å². The molecule has 0 bridgehead atoms. The van der Waals surface area contributed by atoms with Crippen molar-refractivity contribution in [3.63, 3.8) is 0 Å². The van der Waals surface area contributed by atoms with E-state index in [4.69, 9.17) is 18.0 Å². The van der Waals surface area contributed by atoms with Crippen LogP contribution in [0.3, 0.4) is 0 Å². The van der Waals surface area contributed by atoms with Crippen molar-refractivity contribution in [2.24, 2.45) is 11.7 Å². The van der Waals surface area contributed by atoms with Crippen LogP contribution in [0.4, 0.5) is 0 Å². The zero-order chi connectivity index (χ0) is 13.7. The molecule has 1 heterocycles. The molecule has 0 spiro atoms. The lowest BCUT2D eigenvalue weighted by Crippen LogP contribution is -2.36. The summed E-state index contributed by atoms with van der Waals surface area (Å²) in [6, 6.07) is 1.89. The van der Waals surface area contributed by atoms with E-state index in [0.29, 0.717) is 30.4 Å². The number of halogens is 1. The smallest absolute Gasteiger partial charge is 0.265 e. The molecule has 0 aliphatic rings. The minimum absolute atomic E-state index is 0.0434. The summed E-state index contributed by atoms with van der Waals surface area (Å²) in [6.07, 6.45) is 0.566. The van der Waals surface area contributed by atoms with E-state index in [-0.39, 0.29) is 5.91 Å². The molecule has 0 saturated heterocycles. The minimum atomic E-state index is 0.0434. The fourth-order valence-electron chi connectivity index (χ4n) is 1.55. The summed E-state index contributed by atoms with van der Waals surface area (Å²) < 4.78 is 0.849. The summed E-state index contributed by atoms with van der Waals surface area (Å²) in [7, 11) is 0. The van der Waals surface area contributed by atoms with Gasteiger partial charge in [-0.1, -0.05) is 26.1 Å². The molecule has 0 fully saturated rings. The van der Waals surface area contributed by atoms with Crippen molar-refractivity contribution in [2.45, 2.75) is 20.3 Å². The van der Waals surface area contributed by atoms with Gasteiger partial charge in [0.2, 0.25) is 0 Å². The molecule has 0 radical (unpaired) electrons. The largest absolute Gasteiger partial charge is 0.393 e. The molecule has 0 unspecified atom stereocenters. The molecule has 18 heavy (non-hydrogen) atoms. The number of rotatable bonds is 6. The molecular weight excluding hydrogens is 332 g/mol. The summed E-state index contributed by atoms with van der Waals surface area (Å²) in [6.45, 7) is 5.47. The number of hydrogen-bond acceptors (Lipinski definition) is 3. The van der Waals surface area contributed by atoms with E-state index in [1.54, 1.807) is 0 Å². The highest BCUT2D eigenvalue weighted by atomic mass is 79.9. The van der Waals surface area contributed by atoms with Gasteiger partial charge in [-0.15, -0.1) is 11.3 Å². The van der Waals surface area contributed by atoms with Crippen molar-refractivity contribution >= 4 is 50.4 Å². The highest BCUT2D eigenvalue weighted by Gasteiger charge is 2.20. The fraction of sp³-hybridized carbons (Fsp3) is 0.500. The van der Waals surface area contributed by atoms with Gasteiger partial charge in [-0.3, -0.25) is 4.79 Å². The fourth-order valence-corrected chi connectivity index (χ4v) is 3.15. The Kier molecular flexibility index (Phi) is 6.25. The first kappa shape index (κ1) is 15.6. The van der Waals surface area contributed by atoms with Gasteiger partial charge in [0.1, 0.15) is 4.88 Å². The van der Waals surface area contributed by atoms with Crippen LogP contribution >= 0.6 is 39.5 Å². The Balaban J connectivity index is 2.78. The van der Waals surface area contributed by atoms with E-state index in [0.717, 1.165) is 9.35 Å². The van der Waals surface area contributed by atoms with E-state index in [2.05, 4.69) is 29.8 Å². The van der Waals surface area contributed by atoms with Gasteiger partial charge in [-0.2, -0.15) is 0 Å². The summed E-state index contributed by atoms with van der Waals surface area (Å²) in [5.41, 5.74) is 5.51. The second-order valence-electron chi connectivity index (χ2n) is 4.46. The number of amides is 1. The summed E-state index contributed by atoms with van der Waals surface area (Å²) in [5.74, 6) is 0.459. The molecule has 100 valence electrons. The number of thiocarbonyl (C=S) groups is 1. The van der Waals surface area contributed by atoms with Crippen molar-refractivity contribution in [1.29, 1.82) is 0 Å². The quantitative estimate of drug-likeness (QED) is 0.802. The Morgan fingerprint density at radius 1 is 1.61 bits per heavy atom. The predicted octanol–water partition coefficient (Wildman–Crippen LogP) is 3.29. The third-order valence-corrected chi connectivity index (χ3v) is 4.34. The van der Waals surface area contributed by atoms with Gasteiger partial charge in [0.05, 0.1) is 4.99 Å². The van der Waals surface area contributed by atoms with E-state index in [1.165, 1.54) is 11.3 Å². The SMILES string of the molecule is CC(C)CN(CCC(N)=S)C(=O)c1sccc1Br. The molecule has 1 aromatic heterocycles. The highest BCUT2D eigenvalue weighted by Crippen LogP contribution is 2.24. The first-order valence-corrected chi connectivity index (χ1v) is 7.80. The maximum absolute atomic E-state index is 12.4. The Morgan fingerprint density at radius 3 is 2.72 bits per heavy atom. The summed E-state index contributed by atoms with van der Waals surface area (Å²) >= 11 is 9.71. The molecule has 0 aromatic carbocycles. The van der Waals surface area contributed by atoms with Crippen molar-refractivity contribution in [1.82, 2.24) is 4.90 Å². The van der Waals surface area contributed by atoms with Gasteiger partial charge in [-0.25, -0.2) is 0 Å². The van der Waals surface area contributed by atoms with Crippen molar-refractivity contribution in [3.05, 3.63) is 20.8 Å². The van der Waals surface area contributed by atoms with Crippen LogP contribution in [0.5, 0.6) is 0 Å². The second kappa shape index (κ2) is 7.21. The normalized spacial score (nSPS) is 10.7. The number of thiophene rings is 1. The Morgan fingerprint density at radius 2 is 2.28 bits per heavy atom. The molecule has 2 N–H and O–H groups in total. The molecule has 0 saturated carbocycles.